The van der Waals surface area contributed by atoms with Gasteiger partial charge in [-0.1, -0.05) is 11.6 Å². The highest BCUT2D eigenvalue weighted by atomic mass is 35.5. The molecule has 0 aromatic heterocycles. The maximum atomic E-state index is 12.6. The van der Waals surface area contributed by atoms with Gasteiger partial charge < -0.3 is 14.2 Å². The summed E-state index contributed by atoms with van der Waals surface area (Å²) in [5, 5.41) is 0.555. The predicted octanol–water partition coefficient (Wildman–Crippen LogP) is 2.86. The Morgan fingerprint density at radius 1 is 1.12 bits per heavy atom. The van der Waals surface area contributed by atoms with Crippen LogP contribution >= 0.6 is 11.6 Å². The molecule has 1 fully saturated rings. The van der Waals surface area contributed by atoms with E-state index < -0.39 is 34.5 Å². The fraction of sp³-hybridized carbons (Fsp3) is 0.364. The molecule has 0 N–H and O–H groups in total. The van der Waals surface area contributed by atoms with Gasteiger partial charge in [-0.15, -0.1) is 0 Å². The number of carbonyl (C=O) groups is 2. The molecule has 0 aliphatic carbocycles. The average molecular weight is 482 g/mol. The second-order valence-corrected chi connectivity index (χ2v) is 9.62. The third-order valence-electron chi connectivity index (χ3n) is 4.90. The van der Waals surface area contributed by atoms with Crippen molar-refractivity contribution in [3.05, 3.63) is 58.6 Å². The summed E-state index contributed by atoms with van der Waals surface area (Å²) < 4.78 is 42.5. The summed E-state index contributed by atoms with van der Waals surface area (Å²) in [5.74, 6) is -0.662. The van der Waals surface area contributed by atoms with Crippen molar-refractivity contribution in [2.75, 3.05) is 32.9 Å². The van der Waals surface area contributed by atoms with Crippen LogP contribution in [0.5, 0.6) is 5.75 Å². The number of morpholine rings is 1. The molecule has 0 radical (unpaired) electrons. The number of benzene rings is 2. The van der Waals surface area contributed by atoms with Crippen LogP contribution in [-0.2, 0) is 24.3 Å². The molecule has 0 bridgehead atoms. The molecule has 10 heteroatoms. The van der Waals surface area contributed by atoms with Crippen molar-refractivity contribution in [3.63, 3.8) is 0 Å². The number of hydrogen-bond acceptors (Lipinski definition) is 7. The van der Waals surface area contributed by atoms with E-state index in [0.29, 0.717) is 24.0 Å². The van der Waals surface area contributed by atoms with Gasteiger partial charge in [-0.2, -0.15) is 4.31 Å². The summed E-state index contributed by atoms with van der Waals surface area (Å²) >= 11 is 5.91. The van der Waals surface area contributed by atoms with Crippen LogP contribution in [0.15, 0.2) is 47.4 Å². The molecule has 0 saturated carbocycles. The van der Waals surface area contributed by atoms with Gasteiger partial charge in [0.25, 0.3) is 0 Å². The fourth-order valence-electron chi connectivity index (χ4n) is 3.07. The minimum atomic E-state index is -3.65. The summed E-state index contributed by atoms with van der Waals surface area (Å²) in [6.07, 6.45) is -0.927. The van der Waals surface area contributed by atoms with Gasteiger partial charge >= 0.3 is 5.97 Å². The molecule has 1 saturated heterocycles. The molecule has 2 aromatic carbocycles. The van der Waals surface area contributed by atoms with Crippen LogP contribution in [0.1, 0.15) is 22.8 Å². The molecular formula is C22H24ClNO7S. The standard InChI is InChI=1S/C22H24ClNO7S/c1-15-13-18(23)5-8-21(15)31-16(2)22(26)30-14-20(25)17-3-6-19(7-4-17)32(27,28)24-9-11-29-12-10-24/h3-8,13,16H,9-12,14H2,1-2H3. The Labute approximate surface area is 192 Å². The normalized spacial score (nSPS) is 15.7. The lowest BCUT2D eigenvalue weighted by Gasteiger charge is -2.26. The quantitative estimate of drug-likeness (QED) is 0.422. The molecule has 172 valence electrons. The predicted molar refractivity (Wildman–Crippen MR) is 118 cm³/mol. The zero-order valence-corrected chi connectivity index (χ0v) is 19.3. The molecular weight excluding hydrogens is 458 g/mol. The molecule has 0 amide bonds. The molecule has 3 rings (SSSR count). The van der Waals surface area contributed by atoms with Crippen molar-refractivity contribution in [2.24, 2.45) is 0 Å². The van der Waals surface area contributed by atoms with E-state index in [1.165, 1.54) is 35.5 Å². The third kappa shape index (κ3) is 5.86. The van der Waals surface area contributed by atoms with E-state index in [1.807, 2.05) is 0 Å². The van der Waals surface area contributed by atoms with Crippen LogP contribution in [0.3, 0.4) is 0 Å². The lowest BCUT2D eigenvalue weighted by Crippen LogP contribution is -2.40. The van der Waals surface area contributed by atoms with Crippen molar-refractivity contribution in [2.45, 2.75) is 24.8 Å². The first-order valence-corrected chi connectivity index (χ1v) is 11.8. The summed E-state index contributed by atoms with van der Waals surface area (Å²) in [4.78, 5) is 24.7. The smallest absolute Gasteiger partial charge is 0.347 e. The van der Waals surface area contributed by atoms with Crippen molar-refractivity contribution < 1.29 is 32.2 Å². The lowest BCUT2D eigenvalue weighted by molar-refractivity contribution is -0.149. The Morgan fingerprint density at radius 2 is 1.78 bits per heavy atom. The number of sulfonamides is 1. The number of aryl methyl sites for hydroxylation is 1. The Bertz CT molecular complexity index is 1080. The molecule has 1 aliphatic heterocycles. The highest BCUT2D eigenvalue weighted by molar-refractivity contribution is 7.89. The Hall–Kier alpha value is -2.46. The van der Waals surface area contributed by atoms with Gasteiger partial charge in [0.1, 0.15) is 5.75 Å². The van der Waals surface area contributed by atoms with Crippen LogP contribution in [0.25, 0.3) is 0 Å². The van der Waals surface area contributed by atoms with Gasteiger partial charge in [0.15, 0.2) is 18.5 Å². The topological polar surface area (TPSA) is 99.2 Å². The highest BCUT2D eigenvalue weighted by Crippen LogP contribution is 2.23. The van der Waals surface area contributed by atoms with Crippen LogP contribution in [0.4, 0.5) is 0 Å². The average Bonchev–Trinajstić information content (AvgIpc) is 2.79. The van der Waals surface area contributed by atoms with E-state index in [2.05, 4.69) is 0 Å². The highest BCUT2D eigenvalue weighted by Gasteiger charge is 2.26. The van der Waals surface area contributed by atoms with E-state index in [0.717, 1.165) is 5.56 Å². The largest absolute Gasteiger partial charge is 0.479 e. The number of hydrogen-bond donors (Lipinski definition) is 0. The van der Waals surface area contributed by atoms with E-state index in [1.54, 1.807) is 25.1 Å². The number of ether oxygens (including phenoxy) is 3. The number of nitrogens with zero attached hydrogens (tertiary/aromatic N) is 1. The summed E-state index contributed by atoms with van der Waals surface area (Å²) in [6.45, 7) is 4.10. The van der Waals surface area contributed by atoms with Gasteiger partial charge in [0.05, 0.1) is 18.1 Å². The summed E-state index contributed by atoms with van der Waals surface area (Å²) in [6, 6.07) is 10.6. The van der Waals surface area contributed by atoms with Gasteiger partial charge in [0.2, 0.25) is 10.0 Å². The minimum Gasteiger partial charge on any atom is -0.479 e. The SMILES string of the molecule is Cc1cc(Cl)ccc1OC(C)C(=O)OCC(=O)c1ccc(S(=O)(=O)N2CCOCC2)cc1. The number of carbonyl (C=O) groups excluding carboxylic acids is 2. The van der Waals surface area contributed by atoms with Gasteiger partial charge in [-0.05, 0) is 61.9 Å². The van der Waals surface area contributed by atoms with E-state index in [-0.39, 0.29) is 23.5 Å². The Balaban J connectivity index is 1.55. The first kappa shape index (κ1) is 24.2. The second kappa shape index (κ2) is 10.4. The first-order chi connectivity index (χ1) is 15.2. The number of rotatable bonds is 8. The van der Waals surface area contributed by atoms with Crippen LogP contribution in [-0.4, -0.2) is 63.5 Å². The molecule has 1 unspecified atom stereocenters. The maximum absolute atomic E-state index is 12.6. The Morgan fingerprint density at radius 3 is 2.41 bits per heavy atom. The third-order valence-corrected chi connectivity index (χ3v) is 7.05. The van der Waals surface area contributed by atoms with Gasteiger partial charge in [-0.3, -0.25) is 4.79 Å². The fourth-order valence-corrected chi connectivity index (χ4v) is 4.70. The van der Waals surface area contributed by atoms with Crippen molar-refractivity contribution in [1.29, 1.82) is 0 Å². The first-order valence-electron chi connectivity index (χ1n) is 9.99. The van der Waals surface area contributed by atoms with Crippen molar-refractivity contribution >= 4 is 33.4 Å². The monoisotopic (exact) mass is 481 g/mol. The van der Waals surface area contributed by atoms with E-state index in [9.17, 15) is 18.0 Å². The number of Topliss-reactive ketones (excluding diaryl/α,β-unsaturated/α-hetero) is 1. The lowest BCUT2D eigenvalue weighted by atomic mass is 10.1. The molecule has 1 aliphatic rings. The zero-order chi connectivity index (χ0) is 23.3. The zero-order valence-electron chi connectivity index (χ0n) is 17.7. The molecule has 32 heavy (non-hydrogen) atoms. The molecule has 8 nitrogen and oxygen atoms in total. The molecule has 0 spiro atoms. The van der Waals surface area contributed by atoms with Crippen LogP contribution in [0.2, 0.25) is 5.02 Å². The molecule has 1 heterocycles. The number of halogens is 1. The van der Waals surface area contributed by atoms with Crippen LogP contribution in [0, 0.1) is 6.92 Å². The molecule has 2 aromatic rings. The maximum Gasteiger partial charge on any atom is 0.347 e. The van der Waals surface area contributed by atoms with Crippen molar-refractivity contribution in [1.82, 2.24) is 4.31 Å². The summed E-state index contributed by atoms with van der Waals surface area (Å²) in [5.41, 5.74) is 1.00. The van der Waals surface area contributed by atoms with Gasteiger partial charge in [0, 0.05) is 23.7 Å². The van der Waals surface area contributed by atoms with Crippen molar-refractivity contribution in [3.8, 4) is 5.75 Å². The second-order valence-electron chi connectivity index (χ2n) is 7.24. The van der Waals surface area contributed by atoms with Gasteiger partial charge in [-0.25, -0.2) is 13.2 Å². The van der Waals surface area contributed by atoms with E-state index in [4.69, 9.17) is 25.8 Å². The van der Waals surface area contributed by atoms with E-state index >= 15 is 0 Å². The number of ketones is 1. The minimum absolute atomic E-state index is 0.0910. The van der Waals surface area contributed by atoms with Crippen LogP contribution < -0.4 is 4.74 Å². The summed E-state index contributed by atoms with van der Waals surface area (Å²) in [7, 11) is -3.65. The number of esters is 1. The molecule has 1 atom stereocenters. The Kier molecular flexibility index (Phi) is 7.89.